The molecule has 0 heterocycles. The highest BCUT2D eigenvalue weighted by molar-refractivity contribution is 5.87. The lowest BCUT2D eigenvalue weighted by Gasteiger charge is -2.57. The van der Waals surface area contributed by atoms with Crippen molar-refractivity contribution in [3.05, 3.63) is 11.6 Å². The molecule has 5 heteroatoms. The summed E-state index contributed by atoms with van der Waals surface area (Å²) in [4.78, 5) is 36.0. The fourth-order valence-electron chi connectivity index (χ4n) is 7.11. The van der Waals surface area contributed by atoms with Crippen LogP contribution < -0.4 is 0 Å². The number of ketones is 1. The van der Waals surface area contributed by atoms with Gasteiger partial charge in [0.1, 0.15) is 11.9 Å². The van der Waals surface area contributed by atoms with Crippen LogP contribution >= 0.6 is 0 Å². The van der Waals surface area contributed by atoms with Crippen LogP contribution in [0.2, 0.25) is 0 Å². The fraction of sp³-hybridized carbons (Fsp3) is 0.783. The second-order valence-corrected chi connectivity index (χ2v) is 9.82. The van der Waals surface area contributed by atoms with Crippen molar-refractivity contribution >= 4 is 17.7 Å². The summed E-state index contributed by atoms with van der Waals surface area (Å²) < 4.78 is 11.2. The van der Waals surface area contributed by atoms with Gasteiger partial charge in [0.25, 0.3) is 0 Å². The standard InChI is InChI=1S/C23H32O5/c1-13(24)27-19-10-12-22(3)17-9-11-23(4)16(7-8-20(23)26)15(17)5-6-18(22)21(19)28-14(2)25/h6,15-17,19,21H,5,7-12H2,1-4H3/t15-,16-,17-,19-,21+,22+,23-/m0/s1. The van der Waals surface area contributed by atoms with E-state index < -0.39 is 12.2 Å². The summed E-state index contributed by atoms with van der Waals surface area (Å²) >= 11 is 0. The van der Waals surface area contributed by atoms with E-state index >= 15 is 0 Å². The molecule has 3 saturated carbocycles. The van der Waals surface area contributed by atoms with Crippen LogP contribution in [0, 0.1) is 28.6 Å². The van der Waals surface area contributed by atoms with Crippen LogP contribution in [0.15, 0.2) is 11.6 Å². The molecule has 0 aromatic heterocycles. The predicted molar refractivity (Wildman–Crippen MR) is 103 cm³/mol. The monoisotopic (exact) mass is 388 g/mol. The molecule has 0 radical (unpaired) electrons. The molecule has 3 fully saturated rings. The Hall–Kier alpha value is -1.65. The van der Waals surface area contributed by atoms with Gasteiger partial charge in [0.05, 0.1) is 0 Å². The summed E-state index contributed by atoms with van der Waals surface area (Å²) in [7, 11) is 0. The van der Waals surface area contributed by atoms with E-state index in [-0.39, 0.29) is 22.8 Å². The van der Waals surface area contributed by atoms with Gasteiger partial charge in [-0.05, 0) is 67.3 Å². The average Bonchev–Trinajstić information content (AvgIpc) is 2.91. The number of fused-ring (bicyclic) bond motifs is 5. The van der Waals surface area contributed by atoms with E-state index in [0.717, 1.165) is 44.1 Å². The lowest BCUT2D eigenvalue weighted by molar-refractivity contribution is -0.169. The maximum atomic E-state index is 12.6. The zero-order valence-corrected chi connectivity index (χ0v) is 17.5. The number of allylic oxidation sites excluding steroid dienone is 1. The molecule has 0 aromatic rings. The molecule has 0 saturated heterocycles. The third kappa shape index (κ3) is 2.84. The minimum absolute atomic E-state index is 0.0628. The first-order valence-corrected chi connectivity index (χ1v) is 10.7. The van der Waals surface area contributed by atoms with Crippen molar-refractivity contribution < 1.29 is 23.9 Å². The molecule has 7 atom stereocenters. The van der Waals surface area contributed by atoms with Gasteiger partial charge in [0.2, 0.25) is 0 Å². The van der Waals surface area contributed by atoms with Crippen LogP contribution in [0.3, 0.4) is 0 Å². The van der Waals surface area contributed by atoms with Crippen LogP contribution in [0.5, 0.6) is 0 Å². The van der Waals surface area contributed by atoms with Gasteiger partial charge >= 0.3 is 11.9 Å². The summed E-state index contributed by atoms with van der Waals surface area (Å²) in [6.07, 6.45) is 7.66. The molecule has 0 N–H and O–H groups in total. The highest BCUT2D eigenvalue weighted by atomic mass is 16.6. The molecule has 0 unspecified atom stereocenters. The Morgan fingerprint density at radius 2 is 1.61 bits per heavy atom. The number of hydrogen-bond acceptors (Lipinski definition) is 5. The van der Waals surface area contributed by atoms with Gasteiger partial charge in [-0.15, -0.1) is 0 Å². The molecule has 0 aliphatic heterocycles. The Morgan fingerprint density at radius 3 is 2.29 bits per heavy atom. The lowest BCUT2D eigenvalue weighted by Crippen LogP contribution is -2.55. The molecule has 4 aliphatic carbocycles. The number of rotatable bonds is 2. The molecule has 5 nitrogen and oxygen atoms in total. The topological polar surface area (TPSA) is 69.7 Å². The predicted octanol–water partition coefficient (Wildman–Crippen LogP) is 3.99. The Bertz CT molecular complexity index is 739. The zero-order valence-electron chi connectivity index (χ0n) is 17.5. The first kappa shape index (κ1) is 19.7. The van der Waals surface area contributed by atoms with Crippen molar-refractivity contribution in [3.63, 3.8) is 0 Å². The SMILES string of the molecule is CC(=O)O[C@H]1CC[C@@]2(C)C(=CC[C@@H]3[C@@H]2CC[C@]2(C)C(=O)CC[C@@H]32)[C@H]1OC(C)=O. The molecule has 28 heavy (non-hydrogen) atoms. The van der Waals surface area contributed by atoms with Crippen molar-refractivity contribution in [2.24, 2.45) is 28.6 Å². The molecule has 4 aliphatic rings. The molecular weight excluding hydrogens is 356 g/mol. The van der Waals surface area contributed by atoms with Crippen LogP contribution in [-0.2, 0) is 23.9 Å². The highest BCUT2D eigenvalue weighted by Gasteiger charge is 2.60. The van der Waals surface area contributed by atoms with Gasteiger partial charge in [0, 0.05) is 25.7 Å². The van der Waals surface area contributed by atoms with Crippen LogP contribution in [0.4, 0.5) is 0 Å². The fourth-order valence-corrected chi connectivity index (χ4v) is 7.11. The van der Waals surface area contributed by atoms with Gasteiger partial charge in [-0.25, -0.2) is 0 Å². The Balaban J connectivity index is 1.68. The minimum Gasteiger partial charge on any atom is -0.458 e. The van der Waals surface area contributed by atoms with Crippen LogP contribution in [0.25, 0.3) is 0 Å². The van der Waals surface area contributed by atoms with E-state index in [0.29, 0.717) is 30.0 Å². The molecule has 0 bridgehead atoms. The van der Waals surface area contributed by atoms with Gasteiger partial charge in [-0.1, -0.05) is 19.9 Å². The van der Waals surface area contributed by atoms with Crippen molar-refractivity contribution in [1.29, 1.82) is 0 Å². The molecule has 0 amide bonds. The smallest absolute Gasteiger partial charge is 0.303 e. The molecular formula is C23H32O5. The van der Waals surface area contributed by atoms with Gasteiger partial charge < -0.3 is 9.47 Å². The van der Waals surface area contributed by atoms with Crippen molar-refractivity contribution in [1.82, 2.24) is 0 Å². The second-order valence-electron chi connectivity index (χ2n) is 9.82. The summed E-state index contributed by atoms with van der Waals surface area (Å²) in [6, 6.07) is 0. The first-order valence-electron chi connectivity index (χ1n) is 10.7. The van der Waals surface area contributed by atoms with Gasteiger partial charge in [-0.3, -0.25) is 14.4 Å². The molecule has 4 rings (SSSR count). The van der Waals surface area contributed by atoms with E-state index in [9.17, 15) is 14.4 Å². The van der Waals surface area contributed by atoms with E-state index in [1.54, 1.807) is 0 Å². The second kappa shape index (κ2) is 6.70. The maximum Gasteiger partial charge on any atom is 0.303 e. The van der Waals surface area contributed by atoms with E-state index in [4.69, 9.17) is 9.47 Å². The highest BCUT2D eigenvalue weighted by Crippen LogP contribution is 2.64. The Kier molecular flexibility index (Phi) is 4.71. The maximum absolute atomic E-state index is 12.6. The summed E-state index contributed by atoms with van der Waals surface area (Å²) in [5.74, 6) is 1.25. The van der Waals surface area contributed by atoms with Crippen LogP contribution in [0.1, 0.15) is 72.6 Å². The van der Waals surface area contributed by atoms with Crippen molar-refractivity contribution in [2.45, 2.75) is 84.8 Å². The molecule has 154 valence electrons. The first-order chi connectivity index (χ1) is 13.2. The third-order valence-corrected chi connectivity index (χ3v) is 8.44. The normalized spacial score (nSPS) is 44.6. The van der Waals surface area contributed by atoms with E-state index in [2.05, 4.69) is 19.9 Å². The zero-order chi connectivity index (χ0) is 20.3. The third-order valence-electron chi connectivity index (χ3n) is 8.44. The number of carbonyl (C=O) groups is 3. The Morgan fingerprint density at radius 1 is 0.964 bits per heavy atom. The molecule has 0 aromatic carbocycles. The summed E-state index contributed by atoms with van der Waals surface area (Å²) in [5.41, 5.74) is 0.925. The molecule has 0 spiro atoms. The Labute approximate surface area is 167 Å². The minimum atomic E-state index is -0.486. The average molecular weight is 389 g/mol. The number of carbonyl (C=O) groups excluding carboxylic acids is 3. The van der Waals surface area contributed by atoms with Gasteiger partial charge in [-0.2, -0.15) is 0 Å². The number of ether oxygens (including phenoxy) is 2. The number of Topliss-reactive ketones (excluding diaryl/α,β-unsaturated/α-hetero) is 1. The summed E-state index contributed by atoms with van der Waals surface area (Å²) in [5, 5.41) is 0. The van der Waals surface area contributed by atoms with Crippen molar-refractivity contribution in [2.75, 3.05) is 0 Å². The van der Waals surface area contributed by atoms with Crippen LogP contribution in [-0.4, -0.2) is 29.9 Å². The number of esters is 2. The van der Waals surface area contributed by atoms with Crippen molar-refractivity contribution in [3.8, 4) is 0 Å². The lowest BCUT2D eigenvalue weighted by atomic mass is 9.47. The summed E-state index contributed by atoms with van der Waals surface area (Å²) in [6.45, 7) is 7.31. The number of hydrogen-bond donors (Lipinski definition) is 0. The largest absolute Gasteiger partial charge is 0.458 e. The van der Waals surface area contributed by atoms with E-state index in [1.165, 1.54) is 13.8 Å². The quantitative estimate of drug-likeness (QED) is 0.528. The van der Waals surface area contributed by atoms with E-state index in [1.807, 2.05) is 0 Å². The van der Waals surface area contributed by atoms with Gasteiger partial charge in [0.15, 0.2) is 6.10 Å².